The van der Waals surface area contributed by atoms with E-state index >= 15 is 0 Å². The maximum atomic E-state index is 7.01. The molecule has 3 heteroatoms. The van der Waals surface area contributed by atoms with Crippen LogP contribution in [0.5, 0.6) is 0 Å². The number of hydrogen-bond donors (Lipinski definition) is 2. The summed E-state index contributed by atoms with van der Waals surface area (Å²) in [5.74, 6) is 0.753. The van der Waals surface area contributed by atoms with Crippen LogP contribution < -0.4 is 5.73 Å². The van der Waals surface area contributed by atoms with Gasteiger partial charge in [-0.25, -0.2) is 0 Å². The summed E-state index contributed by atoms with van der Waals surface area (Å²) >= 11 is 0. The van der Waals surface area contributed by atoms with Crippen LogP contribution in [-0.4, -0.2) is 5.84 Å². The van der Waals surface area contributed by atoms with E-state index in [1.165, 1.54) is 6.26 Å². The average molecular weight is 124 g/mol. The summed E-state index contributed by atoms with van der Waals surface area (Å²) in [5.41, 5.74) is 5.86. The molecular weight excluding hydrogens is 116 g/mol. The number of aryl methyl sites for hydroxylation is 1. The molecule has 9 heavy (non-hydrogen) atoms. The lowest BCUT2D eigenvalue weighted by Gasteiger charge is -1.90. The maximum absolute atomic E-state index is 7.01. The number of amidine groups is 1. The first-order valence-corrected chi connectivity index (χ1v) is 2.60. The van der Waals surface area contributed by atoms with Gasteiger partial charge < -0.3 is 10.2 Å². The molecule has 0 saturated heterocycles. The van der Waals surface area contributed by atoms with E-state index < -0.39 is 0 Å². The summed E-state index contributed by atoms with van der Waals surface area (Å²) in [6.45, 7) is 1.77. The molecule has 1 aromatic rings. The van der Waals surface area contributed by atoms with Gasteiger partial charge in [0.05, 0.1) is 11.8 Å². The van der Waals surface area contributed by atoms with Gasteiger partial charge in [-0.2, -0.15) is 0 Å². The van der Waals surface area contributed by atoms with Gasteiger partial charge in [-0.05, 0) is 13.0 Å². The second kappa shape index (κ2) is 1.93. The third kappa shape index (κ3) is 0.937. The Hall–Kier alpha value is -1.25. The van der Waals surface area contributed by atoms with Crippen molar-refractivity contribution in [1.82, 2.24) is 0 Å². The van der Waals surface area contributed by atoms with Crippen molar-refractivity contribution in [3.63, 3.8) is 0 Å². The van der Waals surface area contributed by atoms with Gasteiger partial charge in [0.1, 0.15) is 11.6 Å². The summed E-state index contributed by atoms with van der Waals surface area (Å²) < 4.78 is 4.90. The van der Waals surface area contributed by atoms with Gasteiger partial charge in [-0.1, -0.05) is 0 Å². The fourth-order valence-corrected chi connectivity index (χ4v) is 0.664. The highest BCUT2D eigenvalue weighted by Gasteiger charge is 2.01. The van der Waals surface area contributed by atoms with Gasteiger partial charge in [-0.15, -0.1) is 0 Å². The molecule has 0 saturated carbocycles. The Balaban J connectivity index is 3.08. The van der Waals surface area contributed by atoms with Gasteiger partial charge in [0.15, 0.2) is 0 Å². The van der Waals surface area contributed by atoms with E-state index in [9.17, 15) is 0 Å². The van der Waals surface area contributed by atoms with Crippen molar-refractivity contribution in [3.05, 3.63) is 23.7 Å². The van der Waals surface area contributed by atoms with E-state index in [0.717, 1.165) is 0 Å². The highest BCUT2D eigenvalue weighted by molar-refractivity contribution is 5.95. The number of furan rings is 1. The second-order valence-electron chi connectivity index (χ2n) is 1.80. The van der Waals surface area contributed by atoms with E-state index in [1.807, 2.05) is 0 Å². The zero-order chi connectivity index (χ0) is 6.85. The smallest absolute Gasteiger partial charge is 0.126 e. The third-order valence-electron chi connectivity index (χ3n) is 1.15. The minimum atomic E-state index is 0.0567. The molecule has 0 spiro atoms. The summed E-state index contributed by atoms with van der Waals surface area (Å²) in [6, 6.07) is 1.68. The fraction of sp³-hybridized carbons (Fsp3) is 0.167. The molecule has 0 atom stereocenters. The van der Waals surface area contributed by atoms with E-state index in [2.05, 4.69) is 0 Å². The van der Waals surface area contributed by atoms with Crippen LogP contribution in [0.4, 0.5) is 0 Å². The van der Waals surface area contributed by atoms with Gasteiger partial charge >= 0.3 is 0 Å². The molecule has 48 valence electrons. The molecule has 3 nitrogen and oxygen atoms in total. The number of nitrogen functional groups attached to an aromatic ring is 1. The van der Waals surface area contributed by atoms with Crippen molar-refractivity contribution < 1.29 is 4.42 Å². The Bertz CT molecular complexity index is 227. The van der Waals surface area contributed by atoms with Crippen LogP contribution in [0.1, 0.15) is 11.3 Å². The van der Waals surface area contributed by atoms with Crippen molar-refractivity contribution >= 4 is 5.84 Å². The predicted octanol–water partition coefficient (Wildman–Crippen LogP) is 0.872. The minimum absolute atomic E-state index is 0.0567. The Kier molecular flexibility index (Phi) is 1.26. The SMILES string of the molecule is Cc1occc1C(=N)N. The quantitative estimate of drug-likeness (QED) is 0.431. The van der Waals surface area contributed by atoms with Crippen molar-refractivity contribution in [1.29, 1.82) is 5.41 Å². The number of nitrogens with two attached hydrogens (primary N) is 1. The third-order valence-corrected chi connectivity index (χ3v) is 1.15. The largest absolute Gasteiger partial charge is 0.469 e. The van der Waals surface area contributed by atoms with E-state index in [4.69, 9.17) is 15.6 Å². The molecule has 1 aromatic heterocycles. The molecule has 0 bridgehead atoms. The topological polar surface area (TPSA) is 63.0 Å². The summed E-state index contributed by atoms with van der Waals surface area (Å²) in [7, 11) is 0. The molecule has 0 aromatic carbocycles. The fourth-order valence-electron chi connectivity index (χ4n) is 0.664. The Morgan fingerprint density at radius 1 is 1.78 bits per heavy atom. The first kappa shape index (κ1) is 5.88. The molecule has 0 amide bonds. The van der Waals surface area contributed by atoms with E-state index in [0.29, 0.717) is 11.3 Å². The van der Waals surface area contributed by atoms with Crippen LogP contribution in [-0.2, 0) is 0 Å². The Morgan fingerprint density at radius 3 is 2.67 bits per heavy atom. The highest BCUT2D eigenvalue weighted by atomic mass is 16.3. The Morgan fingerprint density at radius 2 is 2.44 bits per heavy atom. The highest BCUT2D eigenvalue weighted by Crippen LogP contribution is 2.06. The van der Waals surface area contributed by atoms with Gasteiger partial charge in [0, 0.05) is 0 Å². The van der Waals surface area contributed by atoms with Gasteiger partial charge in [0.2, 0.25) is 0 Å². The van der Waals surface area contributed by atoms with Crippen LogP contribution in [0.25, 0.3) is 0 Å². The molecular formula is C6H8N2O. The van der Waals surface area contributed by atoms with Crippen LogP contribution in [0, 0.1) is 12.3 Å². The Labute approximate surface area is 53.0 Å². The van der Waals surface area contributed by atoms with E-state index in [1.54, 1.807) is 13.0 Å². The van der Waals surface area contributed by atoms with Crippen LogP contribution in [0.3, 0.4) is 0 Å². The van der Waals surface area contributed by atoms with Crippen LogP contribution in [0.15, 0.2) is 16.7 Å². The molecule has 0 aliphatic rings. The normalized spacial score (nSPS) is 9.44. The molecule has 0 radical (unpaired) electrons. The van der Waals surface area contributed by atoms with E-state index in [-0.39, 0.29) is 5.84 Å². The van der Waals surface area contributed by atoms with Gasteiger partial charge in [-0.3, -0.25) is 5.41 Å². The monoisotopic (exact) mass is 124 g/mol. The number of hydrogen-bond acceptors (Lipinski definition) is 2. The minimum Gasteiger partial charge on any atom is -0.469 e. The number of nitrogens with one attached hydrogen (secondary N) is 1. The molecule has 0 fully saturated rings. The van der Waals surface area contributed by atoms with Crippen molar-refractivity contribution in [3.8, 4) is 0 Å². The first-order valence-electron chi connectivity index (χ1n) is 2.60. The van der Waals surface area contributed by atoms with Gasteiger partial charge in [0.25, 0.3) is 0 Å². The average Bonchev–Trinajstić information content (AvgIpc) is 2.13. The molecule has 1 heterocycles. The maximum Gasteiger partial charge on any atom is 0.126 e. The lowest BCUT2D eigenvalue weighted by molar-refractivity contribution is 0.533. The zero-order valence-electron chi connectivity index (χ0n) is 5.14. The summed E-state index contributed by atoms with van der Waals surface area (Å²) in [6.07, 6.45) is 1.52. The molecule has 3 N–H and O–H groups in total. The zero-order valence-corrected chi connectivity index (χ0v) is 5.14. The van der Waals surface area contributed by atoms with Crippen molar-refractivity contribution in [2.45, 2.75) is 6.92 Å². The van der Waals surface area contributed by atoms with Crippen LogP contribution >= 0.6 is 0 Å². The second-order valence-corrected chi connectivity index (χ2v) is 1.80. The number of rotatable bonds is 1. The standard InChI is InChI=1S/C6H8N2O/c1-4-5(6(7)8)2-3-9-4/h2-3H,1H3,(H3,7,8). The van der Waals surface area contributed by atoms with Crippen molar-refractivity contribution in [2.75, 3.05) is 0 Å². The summed E-state index contributed by atoms with van der Waals surface area (Å²) in [5, 5.41) is 7.01. The molecule has 0 aliphatic heterocycles. The lowest BCUT2D eigenvalue weighted by Crippen LogP contribution is -2.10. The van der Waals surface area contributed by atoms with Crippen LogP contribution in [0.2, 0.25) is 0 Å². The summed E-state index contributed by atoms with van der Waals surface area (Å²) in [4.78, 5) is 0. The first-order chi connectivity index (χ1) is 4.22. The predicted molar refractivity (Wildman–Crippen MR) is 34.5 cm³/mol. The molecule has 0 unspecified atom stereocenters. The molecule has 1 rings (SSSR count). The van der Waals surface area contributed by atoms with Crippen molar-refractivity contribution in [2.24, 2.45) is 5.73 Å². The lowest BCUT2D eigenvalue weighted by atomic mass is 10.2. The molecule has 0 aliphatic carbocycles.